The maximum atomic E-state index is 12.8. The number of nitrogens with zero attached hydrogens (tertiary/aromatic N) is 1. The van der Waals surface area contributed by atoms with Crippen molar-refractivity contribution >= 4 is 45.0 Å². The molecule has 1 aliphatic heterocycles. The number of Topliss-reactive ketones (excluding diaryl/α,β-unsaturated/α-hetero) is 1. The topological polar surface area (TPSA) is 80.8 Å². The van der Waals surface area contributed by atoms with E-state index in [0.717, 1.165) is 0 Å². The van der Waals surface area contributed by atoms with E-state index in [1.807, 2.05) is 0 Å². The maximum absolute atomic E-state index is 12.8. The lowest BCUT2D eigenvalue weighted by Gasteiger charge is -2.30. The first-order valence-corrected chi connectivity index (χ1v) is 9.99. The second kappa shape index (κ2) is 8.03. The summed E-state index contributed by atoms with van der Waals surface area (Å²) in [5.74, 6) is -1.15. The third-order valence-electron chi connectivity index (χ3n) is 4.17. The summed E-state index contributed by atoms with van der Waals surface area (Å²) in [7, 11) is -3.85. The normalized spacial score (nSPS) is 17.9. The zero-order valence-electron chi connectivity index (χ0n) is 13.9. The van der Waals surface area contributed by atoms with Gasteiger partial charge in [-0.25, -0.2) is 8.42 Å². The predicted octanol–water partition coefficient (Wildman–Crippen LogP) is 2.91. The van der Waals surface area contributed by atoms with Crippen molar-refractivity contribution in [3.63, 3.8) is 0 Å². The Kier molecular flexibility index (Phi) is 6.48. The van der Waals surface area contributed by atoms with Crippen LogP contribution in [0.1, 0.15) is 26.7 Å². The lowest BCUT2D eigenvalue weighted by molar-refractivity contribution is -0.158. The quantitative estimate of drug-likeness (QED) is 0.700. The summed E-state index contributed by atoms with van der Waals surface area (Å²) in [4.78, 5) is 23.1. The number of hydrogen-bond acceptors (Lipinski definition) is 5. The van der Waals surface area contributed by atoms with E-state index >= 15 is 0 Å². The van der Waals surface area contributed by atoms with Crippen LogP contribution in [0.25, 0.3) is 0 Å². The smallest absolute Gasteiger partial charge is 0.309 e. The van der Waals surface area contributed by atoms with Gasteiger partial charge in [0.2, 0.25) is 10.0 Å². The van der Waals surface area contributed by atoms with E-state index in [9.17, 15) is 18.0 Å². The van der Waals surface area contributed by atoms with E-state index in [4.69, 9.17) is 27.9 Å². The van der Waals surface area contributed by atoms with Gasteiger partial charge in [0.05, 0.1) is 16.0 Å². The molecule has 0 saturated carbocycles. The van der Waals surface area contributed by atoms with Gasteiger partial charge in [-0.2, -0.15) is 4.31 Å². The molecular formula is C16H19Cl2NO5S. The highest BCUT2D eigenvalue weighted by atomic mass is 35.5. The predicted molar refractivity (Wildman–Crippen MR) is 94.2 cm³/mol. The molecule has 2 rings (SSSR count). The summed E-state index contributed by atoms with van der Waals surface area (Å²) in [5.41, 5.74) is 0. The molecule has 138 valence electrons. The van der Waals surface area contributed by atoms with Crippen LogP contribution in [-0.2, 0) is 24.3 Å². The summed E-state index contributed by atoms with van der Waals surface area (Å²) in [5, 5.41) is 0.119. The van der Waals surface area contributed by atoms with Crippen molar-refractivity contribution in [3.05, 3.63) is 28.2 Å². The van der Waals surface area contributed by atoms with Crippen molar-refractivity contribution < 1.29 is 22.7 Å². The summed E-state index contributed by atoms with van der Waals surface area (Å²) in [6, 6.07) is 4.50. The van der Waals surface area contributed by atoms with Crippen LogP contribution in [0.5, 0.6) is 0 Å². The molecule has 0 aliphatic carbocycles. The van der Waals surface area contributed by atoms with Gasteiger partial charge in [0, 0.05) is 13.1 Å². The van der Waals surface area contributed by atoms with Crippen LogP contribution in [0.2, 0.25) is 10.0 Å². The molecule has 0 spiro atoms. The van der Waals surface area contributed by atoms with Gasteiger partial charge in [-0.1, -0.05) is 29.3 Å². The number of carbonyl (C=O) groups is 2. The minimum absolute atomic E-state index is 0.0596. The fraction of sp³-hybridized carbons (Fsp3) is 0.500. The SMILES string of the molecule is CC(=O)C(C)OC(=O)C1CCN(S(=O)(=O)c2c(Cl)cccc2Cl)CC1. The van der Waals surface area contributed by atoms with Crippen LogP contribution in [0.4, 0.5) is 0 Å². The first-order chi connectivity index (χ1) is 11.6. The van der Waals surface area contributed by atoms with E-state index in [0.29, 0.717) is 12.8 Å². The van der Waals surface area contributed by atoms with Gasteiger partial charge >= 0.3 is 5.97 Å². The standard InChI is InChI=1S/C16H19Cl2NO5S/c1-10(20)11(2)24-16(21)12-6-8-19(9-7-12)25(22,23)15-13(17)4-3-5-14(15)18/h3-5,11-12H,6-9H2,1-2H3. The Balaban J connectivity index is 2.07. The van der Waals surface area contributed by atoms with E-state index in [-0.39, 0.29) is 33.8 Å². The van der Waals surface area contributed by atoms with E-state index in [2.05, 4.69) is 0 Å². The number of carbonyl (C=O) groups excluding carboxylic acids is 2. The van der Waals surface area contributed by atoms with Crippen LogP contribution in [0.3, 0.4) is 0 Å². The van der Waals surface area contributed by atoms with Crippen LogP contribution < -0.4 is 0 Å². The van der Waals surface area contributed by atoms with Crippen LogP contribution in [-0.4, -0.2) is 43.7 Å². The molecule has 9 heteroatoms. The number of benzene rings is 1. The maximum Gasteiger partial charge on any atom is 0.309 e. The van der Waals surface area contributed by atoms with Gasteiger partial charge in [0.25, 0.3) is 0 Å². The molecular weight excluding hydrogens is 389 g/mol. The number of ether oxygens (including phenoxy) is 1. The lowest BCUT2D eigenvalue weighted by Crippen LogP contribution is -2.41. The molecule has 1 aliphatic rings. The Morgan fingerprint density at radius 1 is 1.20 bits per heavy atom. The Hall–Kier alpha value is -1.15. The van der Waals surface area contributed by atoms with Crippen molar-refractivity contribution in [1.29, 1.82) is 0 Å². The number of ketones is 1. The molecule has 0 amide bonds. The van der Waals surface area contributed by atoms with Crippen molar-refractivity contribution in [1.82, 2.24) is 4.31 Å². The van der Waals surface area contributed by atoms with Crippen LogP contribution in [0, 0.1) is 5.92 Å². The number of rotatable bonds is 5. The zero-order valence-corrected chi connectivity index (χ0v) is 16.2. The fourth-order valence-electron chi connectivity index (χ4n) is 2.54. The highest BCUT2D eigenvalue weighted by Gasteiger charge is 2.35. The number of sulfonamides is 1. The van der Waals surface area contributed by atoms with Gasteiger partial charge in [-0.05, 0) is 38.8 Å². The minimum Gasteiger partial charge on any atom is -0.454 e. The average molecular weight is 408 g/mol. The van der Waals surface area contributed by atoms with Gasteiger partial charge in [-0.15, -0.1) is 0 Å². The Morgan fingerprint density at radius 2 is 1.72 bits per heavy atom. The Morgan fingerprint density at radius 3 is 2.20 bits per heavy atom. The summed E-state index contributed by atoms with van der Waals surface area (Å²) in [6.45, 7) is 3.16. The average Bonchev–Trinajstić information content (AvgIpc) is 2.54. The second-order valence-corrected chi connectivity index (χ2v) is 8.61. The number of hydrogen-bond donors (Lipinski definition) is 0. The third kappa shape index (κ3) is 4.53. The minimum atomic E-state index is -3.85. The molecule has 1 aromatic rings. The van der Waals surface area contributed by atoms with Crippen LogP contribution in [0.15, 0.2) is 23.1 Å². The summed E-state index contributed by atoms with van der Waals surface area (Å²) < 4.78 is 31.9. The molecule has 25 heavy (non-hydrogen) atoms. The van der Waals surface area contributed by atoms with E-state index in [1.165, 1.54) is 30.3 Å². The number of halogens is 2. The molecule has 0 bridgehead atoms. The first-order valence-electron chi connectivity index (χ1n) is 7.79. The molecule has 0 N–H and O–H groups in total. The fourth-order valence-corrected chi connectivity index (χ4v) is 5.10. The van der Waals surface area contributed by atoms with E-state index in [1.54, 1.807) is 6.07 Å². The number of esters is 1. The highest BCUT2D eigenvalue weighted by Crippen LogP contribution is 2.33. The molecule has 6 nitrogen and oxygen atoms in total. The molecule has 1 unspecified atom stereocenters. The van der Waals surface area contributed by atoms with Crippen molar-refractivity contribution in [2.75, 3.05) is 13.1 Å². The van der Waals surface area contributed by atoms with Crippen LogP contribution >= 0.6 is 23.2 Å². The van der Waals surface area contributed by atoms with Gasteiger partial charge in [-0.3, -0.25) is 9.59 Å². The largest absolute Gasteiger partial charge is 0.454 e. The van der Waals surface area contributed by atoms with E-state index < -0.39 is 28.0 Å². The highest BCUT2D eigenvalue weighted by molar-refractivity contribution is 7.89. The first kappa shape index (κ1) is 20.2. The van der Waals surface area contributed by atoms with Gasteiger partial charge in [0.15, 0.2) is 11.9 Å². The monoisotopic (exact) mass is 407 g/mol. The summed E-state index contributed by atoms with van der Waals surface area (Å²) >= 11 is 12.0. The Bertz CT molecular complexity index is 752. The van der Waals surface area contributed by atoms with Crippen molar-refractivity contribution in [2.24, 2.45) is 5.92 Å². The van der Waals surface area contributed by atoms with Gasteiger partial charge < -0.3 is 4.74 Å². The van der Waals surface area contributed by atoms with Crippen molar-refractivity contribution in [2.45, 2.75) is 37.7 Å². The molecule has 1 heterocycles. The lowest BCUT2D eigenvalue weighted by atomic mass is 9.98. The van der Waals surface area contributed by atoms with Gasteiger partial charge in [0.1, 0.15) is 4.90 Å². The van der Waals surface area contributed by atoms with Crippen molar-refractivity contribution in [3.8, 4) is 0 Å². The number of piperidine rings is 1. The molecule has 0 aromatic heterocycles. The zero-order chi connectivity index (χ0) is 18.8. The molecule has 0 radical (unpaired) electrons. The molecule has 1 aromatic carbocycles. The summed E-state index contributed by atoms with van der Waals surface area (Å²) in [6.07, 6.45) is -0.175. The Labute approximate surface area is 157 Å². The second-order valence-electron chi connectivity index (χ2n) is 5.92. The molecule has 1 saturated heterocycles. The third-order valence-corrected chi connectivity index (χ3v) is 7.02. The molecule has 1 fully saturated rings. The molecule has 1 atom stereocenters.